The van der Waals surface area contributed by atoms with Crippen LogP contribution in [0, 0.1) is 23.7 Å². The summed E-state index contributed by atoms with van der Waals surface area (Å²) in [5.41, 5.74) is 0.0219. The molecule has 3 fully saturated rings. The normalized spacial score (nSPS) is 24.9. The van der Waals surface area contributed by atoms with E-state index < -0.39 is 98.5 Å². The average Bonchev–Trinajstić information content (AvgIpc) is 3.58. The van der Waals surface area contributed by atoms with E-state index in [2.05, 4.69) is 42.3 Å². The fourth-order valence-corrected chi connectivity index (χ4v) is 10.5. The van der Waals surface area contributed by atoms with Gasteiger partial charge in [0.05, 0.1) is 51.0 Å². The number of hydrazine groups is 1. The number of nitrogens with one attached hydrogen (secondary N) is 1. The van der Waals surface area contributed by atoms with Gasteiger partial charge in [0.15, 0.2) is 17.3 Å². The molecule has 4 N–H and O–H groups in total. The molecule has 3 aromatic carbocycles. The molecule has 20 heteroatoms. The molecule has 0 unspecified atom stereocenters. The van der Waals surface area contributed by atoms with E-state index in [-0.39, 0.29) is 49.6 Å². The maximum atomic E-state index is 15.5. The van der Waals surface area contributed by atoms with Gasteiger partial charge in [0.25, 0.3) is 11.8 Å². The second-order valence-corrected chi connectivity index (χ2v) is 17.0. The van der Waals surface area contributed by atoms with Crippen molar-refractivity contribution in [3.8, 4) is 17.2 Å². The number of carboxylic acid groups (broad SMARTS) is 1. The number of phenols is 2. The van der Waals surface area contributed by atoms with Crippen LogP contribution in [0.1, 0.15) is 45.8 Å². The third-order valence-electron chi connectivity index (χ3n) is 11.7. The smallest absolute Gasteiger partial charge is 0.417 e. The molecule has 4 aromatic rings. The van der Waals surface area contributed by atoms with E-state index in [0.717, 1.165) is 17.0 Å². The number of hydrogen-bond donors (Lipinski definition) is 4. The summed E-state index contributed by atoms with van der Waals surface area (Å²) in [7, 11) is 1.31. The van der Waals surface area contributed by atoms with Crippen molar-refractivity contribution >= 4 is 96.2 Å². The van der Waals surface area contributed by atoms with Crippen molar-refractivity contribution in [3.63, 3.8) is 0 Å². The first-order valence-electron chi connectivity index (χ1n) is 17.9. The molecule has 2 aliphatic carbocycles. The minimum atomic E-state index is -4.80. The number of methoxy groups -OCH3 is 1. The Morgan fingerprint density at radius 3 is 2.28 bits per heavy atom. The van der Waals surface area contributed by atoms with Crippen LogP contribution in [0.15, 0.2) is 81.4 Å². The fourth-order valence-electron chi connectivity index (χ4n) is 9.20. The summed E-state index contributed by atoms with van der Waals surface area (Å²) in [5, 5.41) is 31.3. The number of fused-ring (bicyclic) bond motifs is 4. The monoisotopic (exact) mass is 992 g/mol. The Morgan fingerprint density at radius 1 is 0.967 bits per heavy atom. The van der Waals surface area contributed by atoms with E-state index in [0.29, 0.717) is 28.4 Å². The number of benzene rings is 3. The van der Waals surface area contributed by atoms with Crippen LogP contribution in [0.4, 0.5) is 24.7 Å². The molecule has 13 nitrogen and oxygen atoms in total. The third kappa shape index (κ3) is 6.16. The van der Waals surface area contributed by atoms with Crippen LogP contribution >= 0.6 is 55.1 Å². The largest absolute Gasteiger partial charge is 0.507 e. The molecule has 0 bridgehead atoms. The summed E-state index contributed by atoms with van der Waals surface area (Å²) < 4.78 is 46.5. The SMILES string of the molecule is COc1cc([C@H]2C3=CC[C@@H]4C(=O)N(c5ccc(C(=O)O)c(O)c5)C(=O)[C@@H]4[C@@H]3C[C@H]3C(=O)N(Nc4ncc(C(F)(F)F)cc4Cl)C(=O)[C@@]23c2ccc(Cl)cc2)c(Br)c(Br)c1O. The highest BCUT2D eigenvalue weighted by Gasteiger charge is 2.71. The van der Waals surface area contributed by atoms with Crippen molar-refractivity contribution in [1.82, 2.24) is 9.99 Å². The standard InChI is InChI=1S/C40H27Br2Cl2F3N4O9/c1-60-27-13-23(30(41)31(42)32(27)53)29-19-8-9-21-28(36(56)50(34(21)54)18-6-7-20(37(57)58)26(52)11-18)22(19)12-24-35(55)51(38(59)39(24,29)15-2-4-17(43)5-3-15)49-33-25(44)10-16(14-48-33)40(45,46)47/h2-8,10-11,13-14,21-22,24,28-29,52-53H,9,12H2,1H3,(H,48,49)(H,57,58)/t21-,22+,24-,28-,29+,39+/m0/s1. The van der Waals surface area contributed by atoms with Crippen LogP contribution in [0.25, 0.3) is 0 Å². The number of aromatic hydroxyl groups is 2. The number of carbonyl (C=O) groups excluding carboxylic acids is 4. The van der Waals surface area contributed by atoms with Crippen molar-refractivity contribution in [1.29, 1.82) is 0 Å². The average molecular weight is 995 g/mol. The second kappa shape index (κ2) is 14.8. The number of pyridine rings is 1. The lowest BCUT2D eigenvalue weighted by molar-refractivity contribution is -0.139. The second-order valence-electron chi connectivity index (χ2n) is 14.6. The number of alkyl halides is 3. The summed E-state index contributed by atoms with van der Waals surface area (Å²) in [4.78, 5) is 75.5. The quantitative estimate of drug-likeness (QED) is 0.103. The number of anilines is 2. The lowest BCUT2D eigenvalue weighted by Gasteiger charge is -2.51. The Morgan fingerprint density at radius 2 is 1.67 bits per heavy atom. The number of rotatable bonds is 7. The predicted octanol–water partition coefficient (Wildman–Crippen LogP) is 8.24. The molecule has 2 aliphatic heterocycles. The topological polar surface area (TPSA) is 187 Å². The van der Waals surface area contributed by atoms with E-state index in [1.165, 1.54) is 31.4 Å². The molecular formula is C40H27Br2Cl2F3N4O9. The van der Waals surface area contributed by atoms with Crippen LogP contribution in [0.5, 0.6) is 17.2 Å². The molecular weight excluding hydrogens is 968 g/mol. The Balaban J connectivity index is 1.34. The summed E-state index contributed by atoms with van der Waals surface area (Å²) in [5.74, 6) is -11.5. The van der Waals surface area contributed by atoms with Crippen molar-refractivity contribution in [2.45, 2.75) is 30.4 Å². The molecule has 0 spiro atoms. The first-order valence-corrected chi connectivity index (χ1v) is 20.2. The number of hydrogen-bond acceptors (Lipinski definition) is 10. The zero-order valence-electron chi connectivity index (χ0n) is 30.4. The van der Waals surface area contributed by atoms with Crippen molar-refractivity contribution in [3.05, 3.63) is 114 Å². The van der Waals surface area contributed by atoms with E-state index in [1.807, 2.05) is 0 Å². The molecule has 60 heavy (non-hydrogen) atoms. The number of carboxylic acids is 1. The Bertz CT molecular complexity index is 2610. The first-order chi connectivity index (χ1) is 28.3. The molecule has 0 radical (unpaired) electrons. The van der Waals surface area contributed by atoms with Crippen molar-refractivity contribution in [2.75, 3.05) is 17.4 Å². The fraction of sp³-hybridized carbons (Fsp3) is 0.250. The van der Waals surface area contributed by atoms with Gasteiger partial charge in [-0.1, -0.05) is 47.0 Å². The zero-order valence-corrected chi connectivity index (χ0v) is 35.1. The van der Waals surface area contributed by atoms with Gasteiger partial charge in [0.1, 0.15) is 11.3 Å². The molecule has 1 aromatic heterocycles. The summed E-state index contributed by atoms with van der Waals surface area (Å²) >= 11 is 19.6. The highest BCUT2D eigenvalue weighted by Crippen LogP contribution is 2.66. The van der Waals surface area contributed by atoms with E-state index in [9.17, 15) is 47.7 Å². The van der Waals surface area contributed by atoms with Crippen LogP contribution in [-0.4, -0.2) is 62.0 Å². The number of allylic oxidation sites excluding steroid dienone is 2. The van der Waals surface area contributed by atoms with Crippen LogP contribution in [0.2, 0.25) is 10.0 Å². The molecule has 8 rings (SSSR count). The maximum absolute atomic E-state index is 15.5. The molecule has 4 aliphatic rings. The number of phenolic OH excluding ortho intramolecular Hbond substituents is 1. The number of aromatic carboxylic acids is 1. The highest BCUT2D eigenvalue weighted by molar-refractivity contribution is 9.13. The number of nitrogens with zero attached hydrogens (tertiary/aromatic N) is 3. The molecule has 3 heterocycles. The van der Waals surface area contributed by atoms with E-state index in [1.54, 1.807) is 18.2 Å². The van der Waals surface area contributed by atoms with Gasteiger partial charge in [-0.15, -0.1) is 0 Å². The van der Waals surface area contributed by atoms with Gasteiger partial charge in [-0.2, -0.15) is 18.2 Å². The number of carbonyl (C=O) groups is 5. The van der Waals surface area contributed by atoms with Gasteiger partial charge in [-0.3, -0.25) is 24.6 Å². The number of amides is 4. The molecule has 4 amide bonds. The maximum Gasteiger partial charge on any atom is 0.417 e. The molecule has 6 atom stereocenters. The molecule has 2 saturated heterocycles. The van der Waals surface area contributed by atoms with Crippen molar-refractivity contribution in [2.24, 2.45) is 23.7 Å². The lowest BCUT2D eigenvalue weighted by atomic mass is 9.49. The Hall–Kier alpha value is -5.17. The lowest BCUT2D eigenvalue weighted by Crippen LogP contribution is -2.53. The Kier molecular flexibility index (Phi) is 10.2. The minimum Gasteiger partial charge on any atom is -0.507 e. The van der Waals surface area contributed by atoms with Gasteiger partial charge in [-0.05, 0) is 98.1 Å². The molecule has 310 valence electrons. The zero-order chi connectivity index (χ0) is 43.3. The summed E-state index contributed by atoms with van der Waals surface area (Å²) in [6.45, 7) is 0. The van der Waals surface area contributed by atoms with Gasteiger partial charge < -0.3 is 20.1 Å². The van der Waals surface area contributed by atoms with E-state index in [4.69, 9.17) is 27.9 Å². The van der Waals surface area contributed by atoms with Crippen molar-refractivity contribution < 1.29 is 57.2 Å². The van der Waals surface area contributed by atoms with Gasteiger partial charge >= 0.3 is 12.1 Å². The minimum absolute atomic E-state index is 0.0161. The van der Waals surface area contributed by atoms with Gasteiger partial charge in [0, 0.05) is 27.7 Å². The van der Waals surface area contributed by atoms with Crippen LogP contribution in [-0.2, 0) is 30.8 Å². The van der Waals surface area contributed by atoms with Crippen LogP contribution in [0.3, 0.4) is 0 Å². The number of aromatic nitrogens is 1. The Labute approximate surface area is 363 Å². The molecule has 1 saturated carbocycles. The first kappa shape index (κ1) is 41.6. The number of imide groups is 2. The predicted molar refractivity (Wildman–Crippen MR) is 214 cm³/mol. The van der Waals surface area contributed by atoms with Gasteiger partial charge in [-0.25, -0.2) is 14.7 Å². The number of ether oxygens (including phenoxy) is 1. The van der Waals surface area contributed by atoms with Gasteiger partial charge in [0.2, 0.25) is 11.8 Å². The summed E-state index contributed by atoms with van der Waals surface area (Å²) in [6.07, 6.45) is -2.79. The summed E-state index contributed by atoms with van der Waals surface area (Å²) in [6, 6.07) is 11.5. The highest BCUT2D eigenvalue weighted by atomic mass is 79.9. The number of halogens is 7. The third-order valence-corrected chi connectivity index (χ3v) is 14.4. The van der Waals surface area contributed by atoms with E-state index >= 15 is 4.79 Å². The van der Waals surface area contributed by atoms with Crippen LogP contribution < -0.4 is 15.1 Å².